The maximum Gasteiger partial charge on any atom is 0.507 e. The van der Waals surface area contributed by atoms with Crippen LogP contribution < -0.4 is 14.2 Å². The molecular weight excluding hydrogens is 551 g/mol. The van der Waals surface area contributed by atoms with Crippen molar-refractivity contribution in [2.24, 2.45) is 0 Å². The number of amides is 1. The number of alkyl halides is 1. The maximum atomic E-state index is 14.4. The Kier molecular flexibility index (Phi) is 8.93. The molecule has 1 saturated carbocycles. The number of nitrogens with zero attached hydrogens (tertiary/aromatic N) is 4. The first-order chi connectivity index (χ1) is 20.2. The molecule has 226 valence electrons. The summed E-state index contributed by atoms with van der Waals surface area (Å²) in [5.74, 6) is 0.647. The Morgan fingerprint density at radius 3 is 2.55 bits per heavy atom. The monoisotopic (exact) mass is 586 g/mol. The average molecular weight is 587 g/mol. The van der Waals surface area contributed by atoms with E-state index >= 15 is 0 Å². The molecule has 2 aliphatic rings. The molecule has 1 saturated heterocycles. The Balaban J connectivity index is 1.35. The van der Waals surface area contributed by atoms with E-state index in [1.165, 1.54) is 4.90 Å². The third-order valence-corrected chi connectivity index (χ3v) is 7.33. The molecule has 0 unspecified atom stereocenters. The molecule has 2 fully saturated rings. The highest BCUT2D eigenvalue weighted by Gasteiger charge is 2.32. The number of halogens is 1. The summed E-state index contributed by atoms with van der Waals surface area (Å²) in [6, 6.07) is 3.62. The van der Waals surface area contributed by atoms with Crippen LogP contribution in [0.25, 0.3) is 22.7 Å². The quantitative estimate of drug-likeness (QED) is 0.306. The van der Waals surface area contributed by atoms with Crippen molar-refractivity contribution in [2.75, 3.05) is 19.8 Å². The van der Waals surface area contributed by atoms with Crippen LogP contribution in [0.15, 0.2) is 16.5 Å². The van der Waals surface area contributed by atoms with E-state index in [2.05, 4.69) is 15.0 Å². The summed E-state index contributed by atoms with van der Waals surface area (Å²) in [4.78, 5) is 38.4. The largest absolute Gasteiger partial charge is 0.507 e. The lowest BCUT2D eigenvalue weighted by molar-refractivity contribution is -0.141. The predicted molar refractivity (Wildman–Crippen MR) is 147 cm³/mol. The van der Waals surface area contributed by atoms with Gasteiger partial charge < -0.3 is 33.4 Å². The Hall–Kier alpha value is -4.16. The maximum absolute atomic E-state index is 14.4. The number of carbonyl (C=O) groups excluding carboxylic acids is 1. The number of hydrogen-bond donors (Lipinski definition) is 1. The number of carbonyl (C=O) groups is 2. The summed E-state index contributed by atoms with van der Waals surface area (Å²) in [5, 5.41) is 8.92. The van der Waals surface area contributed by atoms with E-state index in [1.54, 1.807) is 0 Å². The van der Waals surface area contributed by atoms with Gasteiger partial charge in [0.15, 0.2) is 18.4 Å². The molecule has 1 aliphatic carbocycles. The van der Waals surface area contributed by atoms with Crippen molar-refractivity contribution in [3.05, 3.63) is 23.3 Å². The van der Waals surface area contributed by atoms with E-state index in [1.807, 2.05) is 32.9 Å². The number of oxazole rings is 1. The lowest BCUT2D eigenvalue weighted by Crippen LogP contribution is -2.40. The molecule has 1 amide bonds. The molecule has 12 nitrogen and oxygen atoms in total. The molecule has 0 spiro atoms. The van der Waals surface area contributed by atoms with Crippen LogP contribution in [-0.2, 0) is 9.53 Å². The minimum absolute atomic E-state index is 0.0133. The fourth-order valence-corrected chi connectivity index (χ4v) is 5.35. The van der Waals surface area contributed by atoms with Crippen molar-refractivity contribution in [1.82, 2.24) is 19.9 Å². The lowest BCUT2D eigenvalue weighted by Gasteiger charge is -2.25. The molecule has 1 aromatic carbocycles. The van der Waals surface area contributed by atoms with Crippen LogP contribution in [0, 0.1) is 13.8 Å². The third kappa shape index (κ3) is 6.50. The molecule has 0 radical (unpaired) electrons. The van der Waals surface area contributed by atoms with Gasteiger partial charge in [0.2, 0.25) is 5.89 Å². The van der Waals surface area contributed by atoms with Gasteiger partial charge in [-0.25, -0.2) is 14.2 Å². The van der Waals surface area contributed by atoms with E-state index in [0.29, 0.717) is 55.7 Å². The predicted octanol–water partition coefficient (Wildman–Crippen LogP) is 5.37. The van der Waals surface area contributed by atoms with Gasteiger partial charge in [0, 0.05) is 18.5 Å². The van der Waals surface area contributed by atoms with Crippen LogP contribution in [-0.4, -0.2) is 75.3 Å². The number of ether oxygens (including phenoxy) is 4. The summed E-state index contributed by atoms with van der Waals surface area (Å²) in [7, 11) is 0. The van der Waals surface area contributed by atoms with Gasteiger partial charge in [-0.3, -0.25) is 4.79 Å². The van der Waals surface area contributed by atoms with Gasteiger partial charge in [-0.2, -0.15) is 9.97 Å². The Labute approximate surface area is 242 Å². The molecule has 3 atom stereocenters. The fourth-order valence-electron chi connectivity index (χ4n) is 5.35. The van der Waals surface area contributed by atoms with Gasteiger partial charge in [-0.1, -0.05) is 13.3 Å². The van der Waals surface area contributed by atoms with Crippen LogP contribution in [0.3, 0.4) is 0 Å². The molecule has 5 rings (SSSR count). The molecule has 2 aromatic heterocycles. The van der Waals surface area contributed by atoms with Gasteiger partial charge in [0.05, 0.1) is 6.61 Å². The minimum atomic E-state index is -1.42. The van der Waals surface area contributed by atoms with Crippen molar-refractivity contribution in [1.29, 1.82) is 0 Å². The number of hydrogen-bond acceptors (Lipinski definition) is 10. The number of benzene rings is 1. The fraction of sp³-hybridized carbons (Fsp3) is 0.552. The summed E-state index contributed by atoms with van der Waals surface area (Å²) in [5.41, 5.74) is 2.62. The summed E-state index contributed by atoms with van der Waals surface area (Å²) in [6.45, 7) is 6.18. The zero-order chi connectivity index (χ0) is 29.8. The molecule has 3 heterocycles. The topological polar surface area (TPSA) is 146 Å². The second-order valence-electron chi connectivity index (χ2n) is 10.6. The zero-order valence-electron chi connectivity index (χ0n) is 23.9. The Morgan fingerprint density at radius 2 is 1.83 bits per heavy atom. The lowest BCUT2D eigenvalue weighted by atomic mass is 9.96. The van der Waals surface area contributed by atoms with Gasteiger partial charge in [-0.05, 0) is 69.2 Å². The average Bonchev–Trinajstić information content (AvgIpc) is 3.59. The molecule has 42 heavy (non-hydrogen) atoms. The number of aryl methyl sites for hydroxylation is 2. The number of carboxylic acid groups (broad SMARTS) is 1. The normalized spacial score (nSPS) is 20.5. The second kappa shape index (κ2) is 12.8. The molecule has 13 heteroatoms. The van der Waals surface area contributed by atoms with Crippen LogP contribution >= 0.6 is 0 Å². The number of fused-ring (bicyclic) bond motifs is 1. The van der Waals surface area contributed by atoms with E-state index in [4.69, 9.17) is 28.5 Å². The van der Waals surface area contributed by atoms with Gasteiger partial charge in [-0.15, -0.1) is 0 Å². The molecule has 0 bridgehead atoms. The zero-order valence-corrected chi connectivity index (χ0v) is 23.9. The van der Waals surface area contributed by atoms with Crippen molar-refractivity contribution in [3.63, 3.8) is 0 Å². The summed E-state index contributed by atoms with van der Waals surface area (Å²) >= 11 is 0. The highest BCUT2D eigenvalue weighted by molar-refractivity contribution is 5.79. The summed E-state index contributed by atoms with van der Waals surface area (Å²) in [6.07, 6.45) is 0.669. The molecular formula is C29H35FN4O8. The van der Waals surface area contributed by atoms with Crippen molar-refractivity contribution >= 4 is 23.3 Å². The van der Waals surface area contributed by atoms with Crippen LogP contribution in [0.1, 0.15) is 63.0 Å². The van der Waals surface area contributed by atoms with Crippen molar-refractivity contribution in [3.8, 4) is 29.1 Å². The van der Waals surface area contributed by atoms with Crippen molar-refractivity contribution < 1.29 is 42.5 Å². The SMILES string of the molecule is CCCOc1nc(O[C@@H]2CCCC[C@H]2F)nc2oc(-c3cc(C)c(OCC(=O)N4CCC[C@@H]4OC(=O)O)c(C)c3)nc12. The second-order valence-corrected chi connectivity index (χ2v) is 10.6. The van der Waals surface area contributed by atoms with Crippen LogP contribution in [0.4, 0.5) is 9.18 Å². The first kappa shape index (κ1) is 29.3. The summed E-state index contributed by atoms with van der Waals surface area (Å²) < 4.78 is 42.8. The first-order valence-electron chi connectivity index (χ1n) is 14.3. The van der Waals surface area contributed by atoms with Crippen LogP contribution in [0.2, 0.25) is 0 Å². The molecule has 3 aromatic rings. The molecule has 1 aliphatic heterocycles. The molecule has 1 N–H and O–H groups in total. The number of aromatic nitrogens is 3. The van der Waals surface area contributed by atoms with Crippen molar-refractivity contribution in [2.45, 2.75) is 84.2 Å². The first-order valence-corrected chi connectivity index (χ1v) is 14.3. The third-order valence-electron chi connectivity index (χ3n) is 7.33. The Bertz CT molecular complexity index is 1420. The van der Waals surface area contributed by atoms with Gasteiger partial charge >= 0.3 is 12.2 Å². The highest BCUT2D eigenvalue weighted by atomic mass is 19.1. The smallest absolute Gasteiger partial charge is 0.483 e. The standard InChI is InChI=1S/C29H35FN4O8/c1-4-12-38-26-23-27(33-28(32-26)40-20-9-6-5-8-19(20)30)42-25(31-23)18-13-16(2)24(17(3)14-18)39-15-21(35)34-11-7-10-22(34)41-29(36)37/h13-14,19-20,22H,4-12,15H2,1-3H3,(H,36,37)/t19-,20-,22+/m1/s1. The number of likely N-dealkylation sites (tertiary alicyclic amines) is 1. The number of rotatable bonds is 10. The minimum Gasteiger partial charge on any atom is -0.483 e. The highest BCUT2D eigenvalue weighted by Crippen LogP contribution is 2.34. The van der Waals surface area contributed by atoms with Gasteiger partial charge in [0.1, 0.15) is 18.0 Å². The van der Waals surface area contributed by atoms with E-state index in [-0.39, 0.29) is 36.0 Å². The van der Waals surface area contributed by atoms with E-state index < -0.39 is 24.7 Å². The Morgan fingerprint density at radius 1 is 1.07 bits per heavy atom. The van der Waals surface area contributed by atoms with Crippen LogP contribution in [0.5, 0.6) is 17.6 Å². The van der Waals surface area contributed by atoms with Gasteiger partial charge in [0.25, 0.3) is 17.5 Å². The van der Waals surface area contributed by atoms with E-state index in [9.17, 15) is 14.0 Å². The van der Waals surface area contributed by atoms with E-state index in [0.717, 1.165) is 30.4 Å².